The zero-order valence-corrected chi connectivity index (χ0v) is 17.9. The lowest BCUT2D eigenvalue weighted by atomic mass is 10.1. The molecule has 0 unspecified atom stereocenters. The molecule has 1 fully saturated rings. The van der Waals surface area contributed by atoms with Crippen molar-refractivity contribution in [3.05, 3.63) is 47.8 Å². The number of aliphatic hydroxyl groups is 1. The van der Waals surface area contributed by atoms with Crippen molar-refractivity contribution in [3.8, 4) is 5.75 Å². The molecule has 1 aromatic carbocycles. The highest BCUT2D eigenvalue weighted by Crippen LogP contribution is 2.28. The first-order chi connectivity index (χ1) is 15.8. The van der Waals surface area contributed by atoms with Crippen LogP contribution in [0.15, 0.2) is 36.4 Å². The molecule has 1 N–H and O–H groups in total. The average Bonchev–Trinajstić information content (AvgIpc) is 3.24. The predicted molar refractivity (Wildman–Crippen MR) is 112 cm³/mol. The van der Waals surface area contributed by atoms with Gasteiger partial charge in [0.15, 0.2) is 5.65 Å². The van der Waals surface area contributed by atoms with Gasteiger partial charge in [-0.1, -0.05) is 0 Å². The number of carbonyl (C=O) groups is 1. The topological polar surface area (TPSA) is 96.1 Å². The van der Waals surface area contributed by atoms with Gasteiger partial charge in [-0.15, -0.1) is 15.3 Å². The molecule has 176 valence electrons. The smallest absolute Gasteiger partial charge is 0.453 e. The summed E-state index contributed by atoms with van der Waals surface area (Å²) in [5.74, 6) is -0.285. The number of likely N-dealkylation sites (N-methyl/N-ethyl adjacent to an activating group) is 1. The van der Waals surface area contributed by atoms with Gasteiger partial charge in [-0.05, 0) is 36.4 Å². The summed E-state index contributed by atoms with van der Waals surface area (Å²) in [6.45, 7) is 1.28. The Balaban J connectivity index is 1.36. The molecule has 2 aromatic heterocycles. The van der Waals surface area contributed by atoms with Crippen molar-refractivity contribution in [1.82, 2.24) is 24.7 Å². The molecule has 3 heterocycles. The molecule has 1 amide bonds. The first-order valence-electron chi connectivity index (χ1n) is 10.4. The quantitative estimate of drug-likeness (QED) is 0.598. The molecule has 0 spiro atoms. The third kappa shape index (κ3) is 5.00. The van der Waals surface area contributed by atoms with Gasteiger partial charge in [0.2, 0.25) is 0 Å². The van der Waals surface area contributed by atoms with Gasteiger partial charge in [0, 0.05) is 45.1 Å². The van der Waals surface area contributed by atoms with Crippen LogP contribution in [0.2, 0.25) is 0 Å². The maximum Gasteiger partial charge on any atom is 0.453 e. The zero-order chi connectivity index (χ0) is 23.6. The van der Waals surface area contributed by atoms with Crippen LogP contribution in [-0.2, 0) is 6.18 Å². The zero-order valence-electron chi connectivity index (χ0n) is 17.9. The van der Waals surface area contributed by atoms with E-state index in [1.807, 2.05) is 4.90 Å². The number of piperidine rings is 1. The number of hydrogen-bond acceptors (Lipinski definition) is 7. The van der Waals surface area contributed by atoms with Gasteiger partial charge in [-0.2, -0.15) is 17.7 Å². The number of aromatic nitrogens is 4. The van der Waals surface area contributed by atoms with Crippen molar-refractivity contribution < 1.29 is 27.8 Å². The minimum Gasteiger partial charge on any atom is -0.490 e. The summed E-state index contributed by atoms with van der Waals surface area (Å²) in [6, 6.07) is 9.91. The summed E-state index contributed by atoms with van der Waals surface area (Å²) < 4.78 is 46.0. The van der Waals surface area contributed by atoms with Gasteiger partial charge in [0.25, 0.3) is 11.7 Å². The number of amides is 1. The van der Waals surface area contributed by atoms with Crippen molar-refractivity contribution in [1.29, 1.82) is 0 Å². The Labute approximate surface area is 187 Å². The van der Waals surface area contributed by atoms with Crippen molar-refractivity contribution in [2.45, 2.75) is 25.1 Å². The van der Waals surface area contributed by atoms with E-state index in [4.69, 9.17) is 9.84 Å². The van der Waals surface area contributed by atoms with Crippen LogP contribution in [-0.4, -0.2) is 75.1 Å². The van der Waals surface area contributed by atoms with Crippen LogP contribution in [0.5, 0.6) is 5.75 Å². The number of aliphatic hydroxyl groups excluding tert-OH is 1. The lowest BCUT2D eigenvalue weighted by Crippen LogP contribution is -2.39. The van der Waals surface area contributed by atoms with Crippen LogP contribution in [0.3, 0.4) is 0 Å². The van der Waals surface area contributed by atoms with E-state index in [0.717, 1.165) is 4.52 Å². The van der Waals surface area contributed by atoms with Crippen LogP contribution in [0, 0.1) is 0 Å². The first kappa shape index (κ1) is 22.8. The van der Waals surface area contributed by atoms with E-state index in [1.54, 1.807) is 37.4 Å². The number of anilines is 1. The largest absolute Gasteiger partial charge is 0.490 e. The standard InChI is InChI=1S/C21H23F3N6O3/c1-28(12-13-31)19(32)14-2-4-15(5-3-14)33-16-8-10-29(11-9-16)18-7-6-17-25-26-20(21(22,23)24)30(17)27-18/h2-7,16,31H,8-13H2,1H3. The number of carbonyl (C=O) groups excluding carboxylic acids is 1. The fourth-order valence-electron chi connectivity index (χ4n) is 3.67. The molecule has 12 heteroatoms. The van der Waals surface area contributed by atoms with Crippen LogP contribution in [0.25, 0.3) is 5.65 Å². The Morgan fingerprint density at radius 3 is 2.48 bits per heavy atom. The number of ether oxygens (including phenoxy) is 1. The van der Waals surface area contributed by atoms with Gasteiger partial charge in [0.05, 0.1) is 6.61 Å². The van der Waals surface area contributed by atoms with E-state index < -0.39 is 12.0 Å². The normalized spacial score (nSPS) is 15.1. The lowest BCUT2D eigenvalue weighted by Gasteiger charge is -2.32. The number of fused-ring (bicyclic) bond motifs is 1. The van der Waals surface area contributed by atoms with E-state index in [1.165, 1.54) is 11.0 Å². The van der Waals surface area contributed by atoms with Gasteiger partial charge in [-0.25, -0.2) is 0 Å². The third-order valence-corrected chi connectivity index (χ3v) is 5.45. The second kappa shape index (κ2) is 9.22. The average molecular weight is 464 g/mol. The molecule has 1 saturated heterocycles. The van der Waals surface area contributed by atoms with Crippen LogP contribution >= 0.6 is 0 Å². The number of nitrogens with zero attached hydrogens (tertiary/aromatic N) is 6. The summed E-state index contributed by atoms with van der Waals surface area (Å²) in [5.41, 5.74) is 0.538. The highest BCUT2D eigenvalue weighted by Gasteiger charge is 2.38. The molecule has 4 rings (SSSR count). The number of alkyl halides is 3. The SMILES string of the molecule is CN(CCO)C(=O)c1ccc(OC2CCN(c3ccc4nnc(C(F)(F)F)n4n3)CC2)cc1. The lowest BCUT2D eigenvalue weighted by molar-refractivity contribution is -0.146. The van der Waals surface area contributed by atoms with Crippen molar-refractivity contribution in [3.63, 3.8) is 0 Å². The molecule has 0 aliphatic carbocycles. The fraction of sp³-hybridized carbons (Fsp3) is 0.429. The Hall–Kier alpha value is -3.41. The summed E-state index contributed by atoms with van der Waals surface area (Å²) in [5, 5.41) is 19.8. The highest BCUT2D eigenvalue weighted by atomic mass is 19.4. The highest BCUT2D eigenvalue weighted by molar-refractivity contribution is 5.94. The van der Waals surface area contributed by atoms with Crippen LogP contribution in [0.4, 0.5) is 19.0 Å². The molecule has 33 heavy (non-hydrogen) atoms. The summed E-state index contributed by atoms with van der Waals surface area (Å²) in [7, 11) is 1.62. The van der Waals surface area contributed by atoms with Crippen molar-refractivity contribution in [2.24, 2.45) is 0 Å². The molecule has 9 nitrogen and oxygen atoms in total. The van der Waals surface area contributed by atoms with Crippen molar-refractivity contribution in [2.75, 3.05) is 38.2 Å². The van der Waals surface area contributed by atoms with Gasteiger partial charge >= 0.3 is 6.18 Å². The van der Waals surface area contributed by atoms with E-state index in [2.05, 4.69) is 15.3 Å². The molecule has 0 atom stereocenters. The molecule has 1 aliphatic heterocycles. The van der Waals surface area contributed by atoms with Gasteiger partial charge < -0.3 is 19.6 Å². The minimum absolute atomic E-state index is 0.0359. The van der Waals surface area contributed by atoms with Gasteiger partial charge in [0.1, 0.15) is 17.7 Å². The third-order valence-electron chi connectivity index (χ3n) is 5.45. The number of benzene rings is 1. The summed E-state index contributed by atoms with van der Waals surface area (Å²) in [4.78, 5) is 15.6. The maximum atomic E-state index is 13.1. The Kier molecular flexibility index (Phi) is 6.36. The molecule has 3 aromatic rings. The molecule has 0 saturated carbocycles. The van der Waals surface area contributed by atoms with Crippen LogP contribution in [0.1, 0.15) is 29.0 Å². The van der Waals surface area contributed by atoms with E-state index in [9.17, 15) is 18.0 Å². The molecule has 0 bridgehead atoms. The Morgan fingerprint density at radius 1 is 1.15 bits per heavy atom. The van der Waals surface area contributed by atoms with E-state index in [0.29, 0.717) is 43.1 Å². The van der Waals surface area contributed by atoms with Crippen LogP contribution < -0.4 is 9.64 Å². The maximum absolute atomic E-state index is 13.1. The fourth-order valence-corrected chi connectivity index (χ4v) is 3.67. The second-order valence-electron chi connectivity index (χ2n) is 7.76. The molecule has 0 radical (unpaired) electrons. The molecular weight excluding hydrogens is 441 g/mol. The summed E-state index contributed by atoms with van der Waals surface area (Å²) in [6.07, 6.45) is -3.38. The number of hydrogen-bond donors (Lipinski definition) is 1. The molecular formula is C21H23F3N6O3. The van der Waals surface area contributed by atoms with E-state index >= 15 is 0 Å². The predicted octanol–water partition coefficient (Wildman–Crippen LogP) is 2.26. The van der Waals surface area contributed by atoms with Gasteiger partial charge in [-0.3, -0.25) is 4.79 Å². The number of halogens is 3. The summed E-state index contributed by atoms with van der Waals surface area (Å²) >= 11 is 0. The monoisotopic (exact) mass is 464 g/mol. The molecule has 1 aliphatic rings. The Morgan fingerprint density at radius 2 is 1.85 bits per heavy atom. The Bertz CT molecular complexity index is 1110. The minimum atomic E-state index is -4.64. The second-order valence-corrected chi connectivity index (χ2v) is 7.76. The first-order valence-corrected chi connectivity index (χ1v) is 10.4. The van der Waals surface area contributed by atoms with E-state index in [-0.39, 0.29) is 30.8 Å². The van der Waals surface area contributed by atoms with Crippen molar-refractivity contribution >= 4 is 17.4 Å². The number of rotatable bonds is 6.